The number of allylic oxidation sites excluding steroid dienone is 1. The summed E-state index contributed by atoms with van der Waals surface area (Å²) < 4.78 is 5.65. The molecule has 0 heterocycles. The summed E-state index contributed by atoms with van der Waals surface area (Å²) in [5, 5.41) is 0. The summed E-state index contributed by atoms with van der Waals surface area (Å²) >= 11 is 0. The van der Waals surface area contributed by atoms with E-state index in [2.05, 4.69) is 33.8 Å². The van der Waals surface area contributed by atoms with Gasteiger partial charge in [-0.2, -0.15) is 0 Å². The van der Waals surface area contributed by atoms with Crippen molar-refractivity contribution < 1.29 is 4.74 Å². The number of hydrogen-bond acceptors (Lipinski definition) is 1. The van der Waals surface area contributed by atoms with Crippen molar-refractivity contribution in [3.8, 4) is 0 Å². The molecule has 0 unspecified atom stereocenters. The molecule has 0 rings (SSSR count). The van der Waals surface area contributed by atoms with Crippen LogP contribution in [0.1, 0.15) is 47.0 Å². The van der Waals surface area contributed by atoms with Gasteiger partial charge in [0.1, 0.15) is 0 Å². The molecule has 13 heavy (non-hydrogen) atoms. The summed E-state index contributed by atoms with van der Waals surface area (Å²) in [5.74, 6) is 0.745. The third-order valence-electron chi connectivity index (χ3n) is 2.66. The molecule has 0 bridgehead atoms. The maximum absolute atomic E-state index is 5.65. The van der Waals surface area contributed by atoms with Gasteiger partial charge in [-0.1, -0.05) is 39.7 Å². The van der Waals surface area contributed by atoms with Crippen molar-refractivity contribution in [2.75, 3.05) is 13.2 Å². The van der Waals surface area contributed by atoms with Gasteiger partial charge in [-0.3, -0.25) is 0 Å². The third kappa shape index (κ3) is 5.87. The molecular formula is C12H24O. The first-order valence-electron chi connectivity index (χ1n) is 5.50. The van der Waals surface area contributed by atoms with Crippen LogP contribution in [0.3, 0.4) is 0 Å². The van der Waals surface area contributed by atoms with Crippen LogP contribution in [0.2, 0.25) is 0 Å². The van der Waals surface area contributed by atoms with Crippen LogP contribution in [0, 0.1) is 5.92 Å². The van der Waals surface area contributed by atoms with Crippen LogP contribution in [0.15, 0.2) is 11.6 Å². The molecule has 1 nitrogen and oxygen atoms in total. The fourth-order valence-electron chi connectivity index (χ4n) is 1.27. The van der Waals surface area contributed by atoms with Crippen LogP contribution < -0.4 is 0 Å². The number of rotatable bonds is 7. The second-order valence-corrected chi connectivity index (χ2v) is 3.50. The second-order valence-electron chi connectivity index (χ2n) is 3.50. The highest BCUT2D eigenvalue weighted by Crippen LogP contribution is 2.09. The molecule has 0 aliphatic carbocycles. The molecule has 0 aromatic carbocycles. The van der Waals surface area contributed by atoms with Crippen LogP contribution in [0.5, 0.6) is 0 Å². The Morgan fingerprint density at radius 1 is 1.23 bits per heavy atom. The van der Waals surface area contributed by atoms with Gasteiger partial charge in [0, 0.05) is 6.61 Å². The van der Waals surface area contributed by atoms with Crippen molar-refractivity contribution in [3.63, 3.8) is 0 Å². The average Bonchev–Trinajstić information content (AvgIpc) is 2.19. The maximum atomic E-state index is 5.65. The van der Waals surface area contributed by atoms with Gasteiger partial charge in [0.05, 0.1) is 6.61 Å². The van der Waals surface area contributed by atoms with E-state index in [1.165, 1.54) is 18.4 Å². The lowest BCUT2D eigenvalue weighted by molar-refractivity contribution is 0.113. The molecule has 0 aromatic heterocycles. The van der Waals surface area contributed by atoms with Gasteiger partial charge in [0.2, 0.25) is 0 Å². The van der Waals surface area contributed by atoms with Crippen LogP contribution in [-0.2, 0) is 4.74 Å². The maximum Gasteiger partial charge on any atom is 0.0676 e. The summed E-state index contributed by atoms with van der Waals surface area (Å²) in [6.07, 6.45) is 5.73. The van der Waals surface area contributed by atoms with Gasteiger partial charge in [-0.05, 0) is 24.8 Å². The molecule has 0 radical (unpaired) electrons. The predicted molar refractivity (Wildman–Crippen MR) is 58.9 cm³/mol. The Balaban J connectivity index is 3.53. The van der Waals surface area contributed by atoms with E-state index in [1.807, 2.05) is 0 Å². The normalized spacial score (nSPS) is 12.5. The minimum atomic E-state index is 0.745. The minimum Gasteiger partial charge on any atom is -0.377 e. The topological polar surface area (TPSA) is 9.23 Å². The van der Waals surface area contributed by atoms with Crippen LogP contribution >= 0.6 is 0 Å². The second kappa shape index (κ2) is 8.31. The van der Waals surface area contributed by atoms with Crippen molar-refractivity contribution in [1.82, 2.24) is 0 Å². The molecule has 0 aliphatic heterocycles. The Bertz CT molecular complexity index is 134. The molecule has 0 fully saturated rings. The zero-order valence-corrected chi connectivity index (χ0v) is 9.60. The first-order valence-corrected chi connectivity index (χ1v) is 5.50. The number of ether oxygens (including phenoxy) is 1. The first-order chi connectivity index (χ1) is 6.28. The minimum absolute atomic E-state index is 0.745. The van der Waals surface area contributed by atoms with Crippen LogP contribution in [-0.4, -0.2) is 13.2 Å². The molecule has 0 aromatic rings. The average molecular weight is 184 g/mol. The molecule has 0 aliphatic rings. The van der Waals surface area contributed by atoms with Gasteiger partial charge in [-0.25, -0.2) is 0 Å². The summed E-state index contributed by atoms with van der Waals surface area (Å²) in [5.41, 5.74) is 1.41. The van der Waals surface area contributed by atoms with E-state index in [4.69, 9.17) is 4.74 Å². The Hall–Kier alpha value is -0.300. The van der Waals surface area contributed by atoms with Crippen molar-refractivity contribution in [1.29, 1.82) is 0 Å². The first kappa shape index (κ1) is 12.7. The Morgan fingerprint density at radius 2 is 1.85 bits per heavy atom. The molecule has 0 spiro atoms. The Labute approximate surface area is 83.2 Å². The summed E-state index contributed by atoms with van der Waals surface area (Å²) in [4.78, 5) is 0. The summed E-state index contributed by atoms with van der Waals surface area (Å²) in [7, 11) is 0. The van der Waals surface area contributed by atoms with Gasteiger partial charge >= 0.3 is 0 Å². The predicted octanol–water partition coefficient (Wildman–Crippen LogP) is 3.80. The van der Waals surface area contributed by atoms with Crippen molar-refractivity contribution >= 4 is 0 Å². The molecular weight excluding hydrogens is 160 g/mol. The molecule has 0 N–H and O–H groups in total. The summed E-state index contributed by atoms with van der Waals surface area (Å²) in [6, 6.07) is 0. The number of hydrogen-bond donors (Lipinski definition) is 0. The van der Waals surface area contributed by atoms with E-state index in [-0.39, 0.29) is 0 Å². The molecule has 0 amide bonds. The lowest BCUT2D eigenvalue weighted by atomic mass is 10.1. The quantitative estimate of drug-likeness (QED) is 0.547. The van der Waals surface area contributed by atoms with E-state index in [1.54, 1.807) is 0 Å². The van der Waals surface area contributed by atoms with Gasteiger partial charge < -0.3 is 4.74 Å². The molecule has 0 saturated carbocycles. The van der Waals surface area contributed by atoms with E-state index in [0.29, 0.717) is 0 Å². The van der Waals surface area contributed by atoms with Gasteiger partial charge in [0.25, 0.3) is 0 Å². The lowest BCUT2D eigenvalue weighted by Gasteiger charge is -2.13. The molecule has 0 atom stereocenters. The van der Waals surface area contributed by atoms with E-state index in [0.717, 1.165) is 25.6 Å². The van der Waals surface area contributed by atoms with E-state index < -0.39 is 0 Å². The molecule has 1 heteroatoms. The molecule has 78 valence electrons. The SMILES string of the molecule is C/C=C(/CC)COCC(CC)CC. The summed E-state index contributed by atoms with van der Waals surface area (Å²) in [6.45, 7) is 10.5. The highest BCUT2D eigenvalue weighted by Gasteiger charge is 2.03. The zero-order valence-electron chi connectivity index (χ0n) is 9.60. The smallest absolute Gasteiger partial charge is 0.0676 e. The fourth-order valence-corrected chi connectivity index (χ4v) is 1.27. The van der Waals surface area contributed by atoms with Gasteiger partial charge in [-0.15, -0.1) is 0 Å². The van der Waals surface area contributed by atoms with Crippen LogP contribution in [0.25, 0.3) is 0 Å². The van der Waals surface area contributed by atoms with E-state index >= 15 is 0 Å². The third-order valence-corrected chi connectivity index (χ3v) is 2.66. The van der Waals surface area contributed by atoms with Crippen molar-refractivity contribution in [2.24, 2.45) is 5.92 Å². The largest absolute Gasteiger partial charge is 0.377 e. The van der Waals surface area contributed by atoms with Crippen molar-refractivity contribution in [3.05, 3.63) is 11.6 Å². The van der Waals surface area contributed by atoms with Crippen LogP contribution in [0.4, 0.5) is 0 Å². The monoisotopic (exact) mass is 184 g/mol. The van der Waals surface area contributed by atoms with Crippen molar-refractivity contribution in [2.45, 2.75) is 47.0 Å². The zero-order chi connectivity index (χ0) is 10.1. The Morgan fingerprint density at radius 3 is 2.23 bits per heavy atom. The Kier molecular flexibility index (Phi) is 8.11. The standard InChI is InChI=1S/C12H24O/c1-5-11(6-2)9-13-10-12(7-3)8-4/h5,12H,6-10H2,1-4H3/b11-5-. The van der Waals surface area contributed by atoms with E-state index in [9.17, 15) is 0 Å². The molecule has 0 saturated heterocycles. The highest BCUT2D eigenvalue weighted by atomic mass is 16.5. The lowest BCUT2D eigenvalue weighted by Crippen LogP contribution is -2.09. The highest BCUT2D eigenvalue weighted by molar-refractivity contribution is 4.99. The fraction of sp³-hybridized carbons (Fsp3) is 0.833. The van der Waals surface area contributed by atoms with Gasteiger partial charge in [0.15, 0.2) is 0 Å².